The number of nitrogens with zero attached hydrogens (tertiary/aromatic N) is 1. The van der Waals surface area contributed by atoms with E-state index in [-0.39, 0.29) is 5.82 Å². The van der Waals surface area contributed by atoms with Gasteiger partial charge < -0.3 is 15.0 Å². The lowest BCUT2D eigenvalue weighted by molar-refractivity contribution is 0.240. The molecule has 1 N–H and O–H groups in total. The molecule has 0 spiro atoms. The molecule has 1 heterocycles. The van der Waals surface area contributed by atoms with Crippen molar-refractivity contribution >= 4 is 5.69 Å². The summed E-state index contributed by atoms with van der Waals surface area (Å²) in [6.07, 6.45) is 2.19. The van der Waals surface area contributed by atoms with E-state index in [1.54, 1.807) is 0 Å². The van der Waals surface area contributed by atoms with E-state index in [1.165, 1.54) is 6.07 Å². The molecule has 112 valence electrons. The van der Waals surface area contributed by atoms with Crippen LogP contribution in [0.3, 0.4) is 0 Å². The average Bonchev–Trinajstić information content (AvgIpc) is 2.49. The molecule has 0 bridgehead atoms. The average molecular weight is 280 g/mol. The number of ether oxygens (including phenoxy) is 1. The van der Waals surface area contributed by atoms with E-state index in [9.17, 15) is 4.39 Å². The van der Waals surface area contributed by atoms with Gasteiger partial charge in [-0.1, -0.05) is 26.7 Å². The first-order valence-electron chi connectivity index (χ1n) is 7.62. The first-order valence-corrected chi connectivity index (χ1v) is 7.62. The zero-order chi connectivity index (χ0) is 14.4. The van der Waals surface area contributed by atoms with Crippen molar-refractivity contribution in [3.63, 3.8) is 0 Å². The minimum absolute atomic E-state index is 0.186. The van der Waals surface area contributed by atoms with Gasteiger partial charge in [0.15, 0.2) is 0 Å². The lowest BCUT2D eigenvalue weighted by atomic mass is 10.1. The Balaban J connectivity index is 1.98. The molecule has 0 atom stereocenters. The summed E-state index contributed by atoms with van der Waals surface area (Å²) in [5.74, 6) is 0.994. The molecule has 3 nitrogen and oxygen atoms in total. The van der Waals surface area contributed by atoms with Crippen molar-refractivity contribution in [3.8, 4) is 5.75 Å². The van der Waals surface area contributed by atoms with Crippen LogP contribution in [-0.2, 0) is 0 Å². The second-order valence-electron chi connectivity index (χ2n) is 5.34. The van der Waals surface area contributed by atoms with Crippen LogP contribution < -0.4 is 15.0 Å². The van der Waals surface area contributed by atoms with Gasteiger partial charge in [0.2, 0.25) is 0 Å². The number of anilines is 1. The maximum absolute atomic E-state index is 14.2. The van der Waals surface area contributed by atoms with Gasteiger partial charge in [0.25, 0.3) is 0 Å². The predicted molar refractivity (Wildman–Crippen MR) is 81.0 cm³/mol. The van der Waals surface area contributed by atoms with Gasteiger partial charge in [-0.15, -0.1) is 0 Å². The van der Waals surface area contributed by atoms with Crippen molar-refractivity contribution in [1.82, 2.24) is 5.32 Å². The normalized spacial score (nSPS) is 15.7. The van der Waals surface area contributed by atoms with Gasteiger partial charge in [0.05, 0.1) is 12.3 Å². The number of piperazine rings is 1. The van der Waals surface area contributed by atoms with Crippen LogP contribution in [0.25, 0.3) is 0 Å². The van der Waals surface area contributed by atoms with E-state index in [1.807, 2.05) is 12.1 Å². The summed E-state index contributed by atoms with van der Waals surface area (Å²) in [5.41, 5.74) is 0.682. The SMILES string of the molecule is CCC(CC)COc1ccc(N2CCNCC2)c(F)c1. The molecule has 4 heteroatoms. The highest BCUT2D eigenvalue weighted by Crippen LogP contribution is 2.25. The molecule has 1 fully saturated rings. The Morgan fingerprint density at radius 2 is 1.95 bits per heavy atom. The molecule has 0 aromatic heterocycles. The minimum Gasteiger partial charge on any atom is -0.493 e. The van der Waals surface area contributed by atoms with Crippen molar-refractivity contribution < 1.29 is 9.13 Å². The third-order valence-corrected chi connectivity index (χ3v) is 4.02. The summed E-state index contributed by atoms with van der Waals surface area (Å²) < 4.78 is 19.9. The fraction of sp³-hybridized carbons (Fsp3) is 0.625. The van der Waals surface area contributed by atoms with E-state index in [4.69, 9.17) is 4.74 Å². The molecular formula is C16H25FN2O. The van der Waals surface area contributed by atoms with Crippen LogP contribution >= 0.6 is 0 Å². The number of rotatable bonds is 6. The van der Waals surface area contributed by atoms with Crippen LogP contribution in [0, 0.1) is 11.7 Å². The molecule has 1 aliphatic rings. The molecule has 1 saturated heterocycles. The van der Waals surface area contributed by atoms with Crippen molar-refractivity contribution in [2.24, 2.45) is 5.92 Å². The van der Waals surface area contributed by atoms with Crippen molar-refractivity contribution in [1.29, 1.82) is 0 Å². The Labute approximate surface area is 121 Å². The maximum atomic E-state index is 14.2. The van der Waals surface area contributed by atoms with Gasteiger partial charge in [0.1, 0.15) is 11.6 Å². The van der Waals surface area contributed by atoms with Crippen molar-refractivity contribution in [2.75, 3.05) is 37.7 Å². The van der Waals surface area contributed by atoms with Gasteiger partial charge >= 0.3 is 0 Å². The highest BCUT2D eigenvalue weighted by Gasteiger charge is 2.15. The number of nitrogens with one attached hydrogen (secondary N) is 1. The minimum atomic E-state index is -0.186. The predicted octanol–water partition coefficient (Wildman–Crippen LogP) is 3.05. The zero-order valence-electron chi connectivity index (χ0n) is 12.5. The fourth-order valence-electron chi connectivity index (χ4n) is 2.48. The first kappa shape index (κ1) is 15.1. The number of hydrogen-bond donors (Lipinski definition) is 1. The standard InChI is InChI=1S/C16H25FN2O/c1-3-13(4-2)12-20-14-5-6-16(15(17)11-14)19-9-7-18-8-10-19/h5-6,11,13,18H,3-4,7-10,12H2,1-2H3. The van der Waals surface area contributed by atoms with Crippen LogP contribution in [0.1, 0.15) is 26.7 Å². The molecule has 0 amide bonds. The summed E-state index contributed by atoms with van der Waals surface area (Å²) >= 11 is 0. The summed E-state index contributed by atoms with van der Waals surface area (Å²) in [5, 5.41) is 3.27. The van der Waals surface area contributed by atoms with Crippen molar-refractivity contribution in [3.05, 3.63) is 24.0 Å². The van der Waals surface area contributed by atoms with Gasteiger partial charge in [-0.3, -0.25) is 0 Å². The molecule has 1 aliphatic heterocycles. The second kappa shape index (κ2) is 7.48. The summed E-state index contributed by atoms with van der Waals surface area (Å²) in [6, 6.07) is 5.23. The van der Waals surface area contributed by atoms with Gasteiger partial charge in [-0.2, -0.15) is 0 Å². The summed E-state index contributed by atoms with van der Waals surface area (Å²) in [6.45, 7) is 8.51. The smallest absolute Gasteiger partial charge is 0.150 e. The monoisotopic (exact) mass is 280 g/mol. The van der Waals surface area contributed by atoms with Crippen LogP contribution in [0.5, 0.6) is 5.75 Å². The third kappa shape index (κ3) is 3.85. The second-order valence-corrected chi connectivity index (χ2v) is 5.34. The Morgan fingerprint density at radius 3 is 2.55 bits per heavy atom. The van der Waals surface area contributed by atoms with Crippen LogP contribution in [0.4, 0.5) is 10.1 Å². The molecule has 1 aromatic rings. The van der Waals surface area contributed by atoms with Crippen LogP contribution in [0.2, 0.25) is 0 Å². The summed E-state index contributed by atoms with van der Waals surface area (Å²) in [7, 11) is 0. The highest BCUT2D eigenvalue weighted by atomic mass is 19.1. The Kier molecular flexibility index (Phi) is 5.65. The largest absolute Gasteiger partial charge is 0.493 e. The Bertz CT molecular complexity index is 415. The molecule has 2 rings (SSSR count). The molecule has 0 unspecified atom stereocenters. The third-order valence-electron chi connectivity index (χ3n) is 4.02. The van der Waals surface area contributed by atoms with Gasteiger partial charge in [0, 0.05) is 32.2 Å². The Morgan fingerprint density at radius 1 is 1.25 bits per heavy atom. The van der Waals surface area contributed by atoms with E-state index in [0.717, 1.165) is 39.0 Å². The zero-order valence-corrected chi connectivity index (χ0v) is 12.5. The molecule has 1 aromatic carbocycles. The van der Waals surface area contributed by atoms with Gasteiger partial charge in [-0.05, 0) is 18.1 Å². The number of hydrogen-bond acceptors (Lipinski definition) is 3. The molecule has 0 radical (unpaired) electrons. The van der Waals surface area contributed by atoms with Gasteiger partial charge in [-0.25, -0.2) is 4.39 Å². The van der Waals surface area contributed by atoms with E-state index in [0.29, 0.717) is 24.0 Å². The number of benzene rings is 1. The molecule has 20 heavy (non-hydrogen) atoms. The first-order chi connectivity index (χ1) is 9.74. The fourth-order valence-corrected chi connectivity index (χ4v) is 2.48. The number of halogens is 1. The Hall–Kier alpha value is -1.29. The van der Waals surface area contributed by atoms with E-state index in [2.05, 4.69) is 24.1 Å². The topological polar surface area (TPSA) is 24.5 Å². The van der Waals surface area contributed by atoms with E-state index >= 15 is 0 Å². The van der Waals surface area contributed by atoms with Crippen molar-refractivity contribution in [2.45, 2.75) is 26.7 Å². The quantitative estimate of drug-likeness (QED) is 0.867. The van der Waals surface area contributed by atoms with E-state index < -0.39 is 0 Å². The highest BCUT2D eigenvalue weighted by molar-refractivity contribution is 5.51. The molecular weight excluding hydrogens is 255 g/mol. The lowest BCUT2D eigenvalue weighted by Gasteiger charge is -2.29. The van der Waals surface area contributed by atoms with Crippen LogP contribution in [0.15, 0.2) is 18.2 Å². The molecule has 0 aliphatic carbocycles. The lowest BCUT2D eigenvalue weighted by Crippen LogP contribution is -2.43. The summed E-state index contributed by atoms with van der Waals surface area (Å²) in [4.78, 5) is 2.08. The van der Waals surface area contributed by atoms with Crippen LogP contribution in [-0.4, -0.2) is 32.8 Å². The maximum Gasteiger partial charge on any atom is 0.150 e. The molecule has 0 saturated carbocycles.